The number of nitrogens with one attached hydrogen (secondary N) is 1. The number of hydrogen-bond acceptors (Lipinski definition) is 7. The highest BCUT2D eigenvalue weighted by molar-refractivity contribution is 8.18. The number of aryl methyl sites for hydroxylation is 1. The van der Waals surface area contributed by atoms with Crippen molar-refractivity contribution in [2.45, 2.75) is 13.5 Å². The van der Waals surface area contributed by atoms with Gasteiger partial charge in [0.25, 0.3) is 11.8 Å². The van der Waals surface area contributed by atoms with Gasteiger partial charge in [-0.2, -0.15) is 5.10 Å². The van der Waals surface area contributed by atoms with E-state index in [-0.39, 0.29) is 25.0 Å². The Morgan fingerprint density at radius 2 is 1.83 bits per heavy atom. The number of para-hydroxylation sites is 1. The molecular weight excluding hydrogens is 560 g/mol. The largest absolute Gasteiger partial charge is 0.483 e. The van der Waals surface area contributed by atoms with Crippen LogP contribution in [0.3, 0.4) is 0 Å². The summed E-state index contributed by atoms with van der Waals surface area (Å²) in [6.07, 6.45) is 4.87. The highest BCUT2D eigenvalue weighted by Crippen LogP contribution is 2.35. The molecule has 0 spiro atoms. The van der Waals surface area contributed by atoms with Crippen molar-refractivity contribution in [3.8, 4) is 5.75 Å². The normalized spacial score (nSPS) is 15.3. The first kappa shape index (κ1) is 27.9. The zero-order valence-corrected chi connectivity index (χ0v) is 23.6. The van der Waals surface area contributed by atoms with Crippen molar-refractivity contribution in [3.63, 3.8) is 0 Å². The van der Waals surface area contributed by atoms with Gasteiger partial charge >= 0.3 is 0 Å². The van der Waals surface area contributed by atoms with E-state index in [2.05, 4.69) is 15.5 Å². The van der Waals surface area contributed by atoms with E-state index < -0.39 is 0 Å². The van der Waals surface area contributed by atoms with E-state index in [1.54, 1.807) is 55.0 Å². The van der Waals surface area contributed by atoms with Gasteiger partial charge < -0.3 is 14.5 Å². The third-order valence-electron chi connectivity index (χ3n) is 5.90. The summed E-state index contributed by atoms with van der Waals surface area (Å²) in [6.45, 7) is 1.99. The second-order valence-corrected chi connectivity index (χ2v) is 10.4. The van der Waals surface area contributed by atoms with E-state index in [0.29, 0.717) is 37.9 Å². The zero-order chi connectivity index (χ0) is 28.6. The fraction of sp³-hybridized carbons (Fsp3) is 0.0968. The highest BCUT2D eigenvalue weighted by Gasteiger charge is 2.34. The van der Waals surface area contributed by atoms with Crippen LogP contribution in [0.15, 0.2) is 111 Å². The standard InChI is InChI=1S/C31H25ClN4O4S/c1-21-8-14-25(15-9-21)34-29(37)20-40-27-7-3-2-5-23(27)17-28-30(38)36(19-26-6-4-16-39-26)31(41-28)35-33-18-22-10-12-24(32)13-11-22/h2-18H,19-20H2,1H3,(H,34,37)/b28-17-,33-18-,35-31+. The number of nitrogens with zero attached hydrogens (tertiary/aromatic N) is 3. The number of furan rings is 1. The smallest absolute Gasteiger partial charge is 0.267 e. The Hall–Kier alpha value is -4.60. The lowest BCUT2D eigenvalue weighted by Gasteiger charge is -2.12. The van der Waals surface area contributed by atoms with Crippen LogP contribution in [-0.4, -0.2) is 34.7 Å². The first-order chi connectivity index (χ1) is 19.9. The molecule has 8 nitrogen and oxygen atoms in total. The van der Waals surface area contributed by atoms with E-state index in [0.717, 1.165) is 11.1 Å². The van der Waals surface area contributed by atoms with Gasteiger partial charge in [0.05, 0.1) is 23.9 Å². The molecule has 0 saturated carbocycles. The predicted octanol–water partition coefficient (Wildman–Crippen LogP) is 6.77. The van der Waals surface area contributed by atoms with Gasteiger partial charge in [0.1, 0.15) is 11.5 Å². The van der Waals surface area contributed by atoms with Crippen LogP contribution in [0.25, 0.3) is 6.08 Å². The number of halogens is 1. The van der Waals surface area contributed by atoms with Crippen molar-refractivity contribution < 1.29 is 18.7 Å². The summed E-state index contributed by atoms with van der Waals surface area (Å²) in [5, 5.41) is 12.4. The molecule has 1 saturated heterocycles. The molecule has 41 heavy (non-hydrogen) atoms. The fourth-order valence-electron chi connectivity index (χ4n) is 3.82. The molecule has 2 amide bonds. The summed E-state index contributed by atoms with van der Waals surface area (Å²) >= 11 is 7.15. The minimum absolute atomic E-state index is 0.189. The van der Waals surface area contributed by atoms with Gasteiger partial charge in [0, 0.05) is 16.3 Å². The first-order valence-corrected chi connectivity index (χ1v) is 13.8. The van der Waals surface area contributed by atoms with E-state index in [9.17, 15) is 9.59 Å². The number of anilines is 1. The summed E-state index contributed by atoms with van der Waals surface area (Å²) in [5.41, 5.74) is 3.26. The molecule has 1 N–H and O–H groups in total. The topological polar surface area (TPSA) is 96.5 Å². The molecule has 0 unspecified atom stereocenters. The summed E-state index contributed by atoms with van der Waals surface area (Å²) < 4.78 is 11.3. The Bertz CT molecular complexity index is 1610. The minimum atomic E-state index is -0.291. The second-order valence-electron chi connectivity index (χ2n) is 9.00. The third-order valence-corrected chi connectivity index (χ3v) is 7.15. The van der Waals surface area contributed by atoms with Crippen LogP contribution >= 0.6 is 23.4 Å². The van der Waals surface area contributed by atoms with Crippen LogP contribution in [0.2, 0.25) is 5.02 Å². The molecule has 1 aliphatic heterocycles. The van der Waals surface area contributed by atoms with E-state index in [1.165, 1.54) is 16.7 Å². The summed E-state index contributed by atoms with van der Waals surface area (Å²) in [7, 11) is 0. The van der Waals surface area contributed by atoms with Gasteiger partial charge in [0.2, 0.25) is 0 Å². The molecule has 4 aromatic rings. The average Bonchev–Trinajstić information content (AvgIpc) is 3.59. The van der Waals surface area contributed by atoms with Gasteiger partial charge in [-0.25, -0.2) is 0 Å². The highest BCUT2D eigenvalue weighted by atomic mass is 35.5. The van der Waals surface area contributed by atoms with E-state index in [4.69, 9.17) is 20.8 Å². The maximum atomic E-state index is 13.5. The number of ether oxygens (including phenoxy) is 1. The number of amides is 2. The molecule has 5 rings (SSSR count). The number of amidine groups is 1. The van der Waals surface area contributed by atoms with Crippen molar-refractivity contribution >= 4 is 58.3 Å². The van der Waals surface area contributed by atoms with Crippen LogP contribution in [0.4, 0.5) is 5.69 Å². The van der Waals surface area contributed by atoms with Crippen LogP contribution < -0.4 is 10.1 Å². The van der Waals surface area contributed by atoms with E-state index in [1.807, 2.05) is 55.5 Å². The van der Waals surface area contributed by atoms with Crippen LogP contribution in [0.1, 0.15) is 22.5 Å². The molecule has 0 atom stereocenters. The van der Waals surface area contributed by atoms with Gasteiger partial charge in [0.15, 0.2) is 11.8 Å². The van der Waals surface area contributed by atoms with Gasteiger partial charge in [-0.3, -0.25) is 14.5 Å². The lowest BCUT2D eigenvalue weighted by molar-refractivity contribution is -0.122. The van der Waals surface area contributed by atoms with Crippen molar-refractivity contribution in [1.29, 1.82) is 0 Å². The molecule has 0 radical (unpaired) electrons. The number of carbonyl (C=O) groups excluding carboxylic acids is 2. The number of hydrogen-bond donors (Lipinski definition) is 1. The van der Waals surface area contributed by atoms with Gasteiger partial charge in [-0.15, -0.1) is 5.10 Å². The number of carbonyl (C=O) groups is 2. The molecule has 206 valence electrons. The first-order valence-electron chi connectivity index (χ1n) is 12.6. The predicted molar refractivity (Wildman–Crippen MR) is 163 cm³/mol. The van der Waals surface area contributed by atoms with Crippen LogP contribution in [0, 0.1) is 6.92 Å². The molecule has 1 aromatic heterocycles. The van der Waals surface area contributed by atoms with Crippen molar-refractivity contribution in [2.24, 2.45) is 10.2 Å². The van der Waals surface area contributed by atoms with Gasteiger partial charge in [-0.05, 0) is 72.8 Å². The Kier molecular flexibility index (Phi) is 8.98. The van der Waals surface area contributed by atoms with Crippen molar-refractivity contribution in [3.05, 3.63) is 124 Å². The lowest BCUT2D eigenvalue weighted by atomic mass is 10.2. The second kappa shape index (κ2) is 13.2. The maximum Gasteiger partial charge on any atom is 0.267 e. The summed E-state index contributed by atoms with van der Waals surface area (Å²) in [4.78, 5) is 27.9. The molecule has 0 aliphatic carbocycles. The Balaban J connectivity index is 1.33. The quantitative estimate of drug-likeness (QED) is 0.133. The van der Waals surface area contributed by atoms with Gasteiger partial charge in [-0.1, -0.05) is 59.6 Å². The average molecular weight is 585 g/mol. The summed E-state index contributed by atoms with van der Waals surface area (Å²) in [5.74, 6) is 0.535. The molecule has 1 aliphatic rings. The summed E-state index contributed by atoms with van der Waals surface area (Å²) in [6, 6.07) is 25.4. The number of thioether (sulfide) groups is 1. The minimum Gasteiger partial charge on any atom is -0.483 e. The number of rotatable bonds is 9. The molecule has 3 aromatic carbocycles. The molecule has 2 heterocycles. The lowest BCUT2D eigenvalue weighted by Crippen LogP contribution is -2.28. The molecule has 0 bridgehead atoms. The fourth-order valence-corrected chi connectivity index (χ4v) is 4.88. The molecular formula is C31H25ClN4O4S. The Labute approximate surface area is 246 Å². The zero-order valence-electron chi connectivity index (χ0n) is 22.0. The third kappa shape index (κ3) is 7.53. The molecule has 10 heteroatoms. The van der Waals surface area contributed by atoms with Crippen LogP contribution in [0.5, 0.6) is 5.75 Å². The SMILES string of the molecule is Cc1ccc(NC(=O)COc2ccccc2/C=C2\S/C(=N/N=C\c3ccc(Cl)cc3)N(Cc3ccco3)C2=O)cc1. The van der Waals surface area contributed by atoms with Crippen molar-refractivity contribution in [2.75, 3.05) is 11.9 Å². The molecule has 1 fully saturated rings. The maximum absolute atomic E-state index is 13.5. The Morgan fingerprint density at radius 3 is 2.59 bits per heavy atom. The van der Waals surface area contributed by atoms with Crippen molar-refractivity contribution in [1.82, 2.24) is 4.90 Å². The monoisotopic (exact) mass is 584 g/mol. The van der Waals surface area contributed by atoms with Crippen LogP contribution in [-0.2, 0) is 16.1 Å². The number of benzene rings is 3. The Morgan fingerprint density at radius 1 is 1.05 bits per heavy atom. The van der Waals surface area contributed by atoms with E-state index >= 15 is 0 Å².